The highest BCUT2D eigenvalue weighted by Gasteiger charge is 2.22. The van der Waals surface area contributed by atoms with Crippen LogP contribution in [-0.4, -0.2) is 10.9 Å². The monoisotopic (exact) mass is 282 g/mol. The molecule has 1 aromatic carbocycles. The van der Waals surface area contributed by atoms with Gasteiger partial charge in [-0.1, -0.05) is 49.8 Å². The van der Waals surface area contributed by atoms with Crippen molar-refractivity contribution in [2.45, 2.75) is 27.7 Å². The number of carbonyl (C=O) groups is 1. The number of hydrogen-bond donors (Lipinski definition) is 1. The number of anilines is 1. The normalized spacial score (nSPS) is 11.8. The molecule has 3 nitrogen and oxygen atoms in total. The van der Waals surface area contributed by atoms with E-state index in [-0.39, 0.29) is 5.91 Å². The van der Waals surface area contributed by atoms with E-state index in [0.29, 0.717) is 10.2 Å². The molecular formula is C13H15ClN2OS. The Morgan fingerprint density at radius 3 is 2.61 bits per heavy atom. The number of nitrogens with zero attached hydrogens (tertiary/aromatic N) is 1. The quantitative estimate of drug-likeness (QED) is 0.850. The molecule has 0 saturated heterocycles. The minimum absolute atomic E-state index is 0.0460. The first kappa shape index (κ1) is 13.3. The van der Waals surface area contributed by atoms with Crippen LogP contribution in [-0.2, 0) is 4.79 Å². The molecule has 0 aliphatic carbocycles. The topological polar surface area (TPSA) is 42.0 Å². The lowest BCUT2D eigenvalue weighted by Gasteiger charge is -2.15. The summed E-state index contributed by atoms with van der Waals surface area (Å²) in [7, 11) is 0. The Hall–Kier alpha value is -1.13. The third kappa shape index (κ3) is 2.49. The third-order valence-electron chi connectivity index (χ3n) is 2.60. The van der Waals surface area contributed by atoms with Gasteiger partial charge in [0.1, 0.15) is 0 Å². The summed E-state index contributed by atoms with van der Waals surface area (Å²) in [5, 5.41) is 4.10. The zero-order chi connectivity index (χ0) is 13.5. The van der Waals surface area contributed by atoms with Gasteiger partial charge in [0, 0.05) is 5.41 Å². The second kappa shape index (κ2) is 4.52. The van der Waals surface area contributed by atoms with Gasteiger partial charge in [-0.2, -0.15) is 0 Å². The van der Waals surface area contributed by atoms with E-state index in [0.717, 1.165) is 15.8 Å². The average molecular weight is 283 g/mol. The number of fused-ring (bicyclic) bond motifs is 1. The summed E-state index contributed by atoms with van der Waals surface area (Å²) in [5.74, 6) is -0.0460. The van der Waals surface area contributed by atoms with Gasteiger partial charge < -0.3 is 5.32 Å². The van der Waals surface area contributed by atoms with Crippen molar-refractivity contribution in [2.75, 3.05) is 5.32 Å². The zero-order valence-corrected chi connectivity index (χ0v) is 12.4. The molecule has 1 heterocycles. The van der Waals surface area contributed by atoms with Gasteiger partial charge in [-0.25, -0.2) is 4.98 Å². The van der Waals surface area contributed by atoms with Gasteiger partial charge >= 0.3 is 0 Å². The van der Waals surface area contributed by atoms with Crippen molar-refractivity contribution in [1.82, 2.24) is 4.98 Å². The molecule has 18 heavy (non-hydrogen) atoms. The van der Waals surface area contributed by atoms with E-state index in [9.17, 15) is 4.79 Å². The molecule has 1 aromatic heterocycles. The Labute approximate surface area is 115 Å². The summed E-state index contributed by atoms with van der Waals surface area (Å²) in [6, 6.07) is 3.78. The molecule has 1 N–H and O–H groups in total. The van der Waals surface area contributed by atoms with Crippen LogP contribution in [0.4, 0.5) is 5.13 Å². The van der Waals surface area contributed by atoms with E-state index in [1.165, 1.54) is 11.3 Å². The van der Waals surface area contributed by atoms with Crippen LogP contribution >= 0.6 is 22.9 Å². The SMILES string of the molecule is Cc1ccc(Cl)c2sc(NC(=O)C(C)(C)C)nc12. The van der Waals surface area contributed by atoms with E-state index < -0.39 is 5.41 Å². The standard InChI is InChI=1S/C13H15ClN2OS/c1-7-5-6-8(14)10-9(7)15-12(18-10)16-11(17)13(2,3)4/h5-6H,1-4H3,(H,15,16,17). The van der Waals surface area contributed by atoms with Crippen LogP contribution in [0.2, 0.25) is 5.02 Å². The van der Waals surface area contributed by atoms with Crippen molar-refractivity contribution >= 4 is 44.2 Å². The van der Waals surface area contributed by atoms with Gasteiger partial charge in [-0.05, 0) is 18.6 Å². The highest BCUT2D eigenvalue weighted by Crippen LogP contribution is 2.34. The Bertz CT molecular complexity index is 574. The summed E-state index contributed by atoms with van der Waals surface area (Å²) in [4.78, 5) is 16.3. The van der Waals surface area contributed by atoms with Gasteiger partial charge in [-0.3, -0.25) is 4.79 Å². The molecule has 2 aromatic rings. The molecule has 2 rings (SSSR count). The van der Waals surface area contributed by atoms with Crippen molar-refractivity contribution in [2.24, 2.45) is 5.41 Å². The second-order valence-corrected chi connectivity index (χ2v) is 6.67. The average Bonchev–Trinajstić information content (AvgIpc) is 2.67. The summed E-state index contributed by atoms with van der Waals surface area (Å²) in [5.41, 5.74) is 1.48. The van der Waals surface area contributed by atoms with Gasteiger partial charge in [0.2, 0.25) is 5.91 Å². The number of hydrogen-bond acceptors (Lipinski definition) is 3. The van der Waals surface area contributed by atoms with Crippen LogP contribution in [0.5, 0.6) is 0 Å². The van der Waals surface area contributed by atoms with Gasteiger partial charge in [0.15, 0.2) is 5.13 Å². The Balaban J connectivity index is 2.40. The summed E-state index contributed by atoms with van der Waals surface area (Å²) < 4.78 is 0.917. The van der Waals surface area contributed by atoms with Crippen LogP contribution in [0.15, 0.2) is 12.1 Å². The fourth-order valence-corrected chi connectivity index (χ4v) is 2.65. The predicted molar refractivity (Wildman–Crippen MR) is 77.5 cm³/mol. The zero-order valence-electron chi connectivity index (χ0n) is 10.8. The van der Waals surface area contributed by atoms with E-state index >= 15 is 0 Å². The van der Waals surface area contributed by atoms with E-state index in [1.807, 2.05) is 39.8 Å². The molecule has 0 spiro atoms. The number of amides is 1. The molecule has 0 radical (unpaired) electrons. The molecular weight excluding hydrogens is 268 g/mol. The lowest BCUT2D eigenvalue weighted by atomic mass is 9.96. The maximum absolute atomic E-state index is 11.9. The number of benzene rings is 1. The summed E-state index contributed by atoms with van der Waals surface area (Å²) in [6.45, 7) is 7.59. The lowest BCUT2D eigenvalue weighted by Crippen LogP contribution is -2.27. The van der Waals surface area contributed by atoms with E-state index in [1.54, 1.807) is 0 Å². The first-order valence-corrected chi connectivity index (χ1v) is 6.85. The van der Waals surface area contributed by atoms with Crippen molar-refractivity contribution in [3.05, 3.63) is 22.7 Å². The predicted octanol–water partition coefficient (Wildman–Crippen LogP) is 4.24. The van der Waals surface area contributed by atoms with Gasteiger partial charge in [-0.15, -0.1) is 0 Å². The number of halogens is 1. The molecule has 0 saturated carbocycles. The fraction of sp³-hybridized carbons (Fsp3) is 0.385. The van der Waals surface area contributed by atoms with E-state index in [4.69, 9.17) is 11.6 Å². The Morgan fingerprint density at radius 2 is 2.06 bits per heavy atom. The minimum atomic E-state index is -0.434. The third-order valence-corrected chi connectivity index (χ3v) is 4.03. The number of aryl methyl sites for hydroxylation is 1. The molecule has 0 fully saturated rings. The molecule has 0 aliphatic heterocycles. The molecule has 5 heteroatoms. The fourth-order valence-electron chi connectivity index (χ4n) is 1.44. The molecule has 0 unspecified atom stereocenters. The van der Waals surface area contributed by atoms with Crippen molar-refractivity contribution in [3.8, 4) is 0 Å². The summed E-state index contributed by atoms with van der Waals surface area (Å²) in [6.07, 6.45) is 0. The first-order valence-electron chi connectivity index (χ1n) is 5.66. The largest absolute Gasteiger partial charge is 0.301 e. The molecule has 96 valence electrons. The van der Waals surface area contributed by atoms with Crippen LogP contribution in [0.3, 0.4) is 0 Å². The number of nitrogens with one attached hydrogen (secondary N) is 1. The highest BCUT2D eigenvalue weighted by molar-refractivity contribution is 7.23. The lowest BCUT2D eigenvalue weighted by molar-refractivity contribution is -0.123. The maximum Gasteiger partial charge on any atom is 0.231 e. The van der Waals surface area contributed by atoms with Crippen molar-refractivity contribution in [1.29, 1.82) is 0 Å². The Kier molecular flexibility index (Phi) is 3.34. The Morgan fingerprint density at radius 1 is 1.39 bits per heavy atom. The molecule has 0 atom stereocenters. The number of aromatic nitrogens is 1. The van der Waals surface area contributed by atoms with Crippen LogP contribution in [0.1, 0.15) is 26.3 Å². The van der Waals surface area contributed by atoms with Gasteiger partial charge in [0.25, 0.3) is 0 Å². The summed E-state index contributed by atoms with van der Waals surface area (Å²) >= 11 is 7.53. The maximum atomic E-state index is 11.9. The van der Waals surface area contributed by atoms with Crippen LogP contribution < -0.4 is 5.32 Å². The smallest absolute Gasteiger partial charge is 0.231 e. The van der Waals surface area contributed by atoms with E-state index in [2.05, 4.69) is 10.3 Å². The molecule has 0 bridgehead atoms. The van der Waals surface area contributed by atoms with Crippen LogP contribution in [0.25, 0.3) is 10.2 Å². The first-order chi connectivity index (χ1) is 8.29. The number of carbonyl (C=O) groups excluding carboxylic acids is 1. The van der Waals surface area contributed by atoms with Gasteiger partial charge in [0.05, 0.1) is 15.2 Å². The molecule has 1 amide bonds. The second-order valence-electron chi connectivity index (χ2n) is 5.27. The number of thiazole rings is 1. The minimum Gasteiger partial charge on any atom is -0.301 e. The van der Waals surface area contributed by atoms with Crippen LogP contribution in [0, 0.1) is 12.3 Å². The molecule has 0 aliphatic rings. The van der Waals surface area contributed by atoms with Crippen molar-refractivity contribution < 1.29 is 4.79 Å². The number of rotatable bonds is 1. The van der Waals surface area contributed by atoms with Crippen molar-refractivity contribution in [3.63, 3.8) is 0 Å². The highest BCUT2D eigenvalue weighted by atomic mass is 35.5.